The number of aliphatic hydroxyl groups is 2. The zero-order valence-corrected chi connectivity index (χ0v) is 22.8. The third-order valence-electron chi connectivity index (χ3n) is 5.11. The Kier molecular flexibility index (Phi) is 11.5. The van der Waals surface area contributed by atoms with Crippen LogP contribution < -0.4 is 0 Å². The molecule has 4 aromatic carbocycles. The van der Waals surface area contributed by atoms with Gasteiger partial charge < -0.3 is 10.2 Å². The molecule has 0 aromatic heterocycles. The van der Waals surface area contributed by atoms with E-state index in [1.54, 1.807) is 0 Å². The molecule has 0 unspecified atom stereocenters. The van der Waals surface area contributed by atoms with Crippen molar-refractivity contribution in [1.82, 2.24) is 0 Å². The van der Waals surface area contributed by atoms with Gasteiger partial charge in [-0.05, 0) is 59.7 Å². The minimum absolute atomic E-state index is 0.441. The molecule has 0 fully saturated rings. The van der Waals surface area contributed by atoms with Crippen LogP contribution in [0.3, 0.4) is 0 Å². The lowest BCUT2D eigenvalue weighted by atomic mass is 10.1. The first-order valence-electron chi connectivity index (χ1n) is 11.5. The molecule has 0 heterocycles. The zero-order chi connectivity index (χ0) is 25.6. The van der Waals surface area contributed by atoms with E-state index in [0.29, 0.717) is 12.8 Å². The zero-order valence-electron chi connectivity index (χ0n) is 19.6. The highest BCUT2D eigenvalue weighted by Gasteiger charge is 2.05. The van der Waals surface area contributed by atoms with E-state index in [1.807, 2.05) is 109 Å². The van der Waals surface area contributed by atoms with Gasteiger partial charge in [-0.1, -0.05) is 116 Å². The Morgan fingerprint density at radius 3 is 1.17 bits per heavy atom. The highest BCUT2D eigenvalue weighted by molar-refractivity contribution is 9.10. The summed E-state index contributed by atoms with van der Waals surface area (Å²) < 4.78 is 2.02. The number of benzene rings is 4. The van der Waals surface area contributed by atoms with Gasteiger partial charge in [-0.2, -0.15) is 0 Å². The van der Waals surface area contributed by atoms with Gasteiger partial charge in [0.15, 0.2) is 0 Å². The summed E-state index contributed by atoms with van der Waals surface area (Å²) in [5.74, 6) is 12.1. The molecule has 36 heavy (non-hydrogen) atoms. The van der Waals surface area contributed by atoms with Gasteiger partial charge >= 0.3 is 0 Å². The smallest absolute Gasteiger partial charge is 0.0899 e. The summed E-state index contributed by atoms with van der Waals surface area (Å²) in [4.78, 5) is 0. The van der Waals surface area contributed by atoms with Crippen LogP contribution in [-0.4, -0.2) is 10.2 Å². The third kappa shape index (κ3) is 9.86. The average Bonchev–Trinajstić information content (AvgIpc) is 2.91. The summed E-state index contributed by atoms with van der Waals surface area (Å²) in [6.07, 6.45) is -0.184. The fourth-order valence-corrected chi connectivity index (χ4v) is 3.68. The molecule has 0 bridgehead atoms. The van der Waals surface area contributed by atoms with Crippen molar-refractivity contribution in [3.8, 4) is 23.7 Å². The Balaban J connectivity index is 0.000000201. The summed E-state index contributed by atoms with van der Waals surface area (Å²) in [5, 5.41) is 19.9. The van der Waals surface area contributed by atoms with Gasteiger partial charge in [0, 0.05) is 32.9 Å². The molecule has 4 rings (SSSR count). The van der Waals surface area contributed by atoms with E-state index in [4.69, 9.17) is 0 Å². The van der Waals surface area contributed by atoms with Crippen LogP contribution in [0.5, 0.6) is 0 Å². The topological polar surface area (TPSA) is 40.5 Å². The molecule has 180 valence electrons. The highest BCUT2D eigenvalue weighted by atomic mass is 79.9. The molecule has 0 amide bonds. The van der Waals surface area contributed by atoms with E-state index >= 15 is 0 Å². The van der Waals surface area contributed by atoms with E-state index in [1.165, 1.54) is 0 Å². The maximum Gasteiger partial charge on any atom is 0.0899 e. The lowest BCUT2D eigenvalue weighted by molar-refractivity contribution is 0.183. The first kappa shape index (κ1) is 27.5. The lowest BCUT2D eigenvalue weighted by Gasteiger charge is -2.06. The summed E-state index contributed by atoms with van der Waals surface area (Å²) in [6.45, 7) is 0. The van der Waals surface area contributed by atoms with Crippen molar-refractivity contribution in [3.05, 3.63) is 140 Å². The number of hydrogen-bond acceptors (Lipinski definition) is 2. The molecule has 0 spiro atoms. The minimum atomic E-state index is -0.533. The van der Waals surface area contributed by atoms with Gasteiger partial charge in [0.1, 0.15) is 0 Å². The van der Waals surface area contributed by atoms with E-state index in [9.17, 15) is 10.2 Å². The second-order valence-electron chi connectivity index (χ2n) is 7.88. The fraction of sp³-hybridized carbons (Fsp3) is 0.125. The molecule has 0 aliphatic heterocycles. The largest absolute Gasteiger partial charge is 0.387 e. The van der Waals surface area contributed by atoms with Gasteiger partial charge in [0.25, 0.3) is 0 Å². The van der Waals surface area contributed by atoms with Gasteiger partial charge in [-0.15, -0.1) is 0 Å². The van der Waals surface area contributed by atoms with Crippen LogP contribution in [0.25, 0.3) is 0 Å². The van der Waals surface area contributed by atoms with Crippen molar-refractivity contribution in [1.29, 1.82) is 0 Å². The van der Waals surface area contributed by atoms with E-state index in [0.717, 1.165) is 31.2 Å². The van der Waals surface area contributed by atoms with Crippen molar-refractivity contribution in [2.75, 3.05) is 0 Å². The second-order valence-corrected chi connectivity index (χ2v) is 9.71. The Morgan fingerprint density at radius 2 is 0.833 bits per heavy atom. The van der Waals surface area contributed by atoms with E-state index in [2.05, 4.69) is 55.5 Å². The van der Waals surface area contributed by atoms with Crippen LogP contribution in [0.2, 0.25) is 0 Å². The first-order valence-corrected chi connectivity index (χ1v) is 13.0. The Hall–Kier alpha value is -3.12. The number of rotatable bonds is 4. The van der Waals surface area contributed by atoms with Crippen molar-refractivity contribution in [3.63, 3.8) is 0 Å². The normalized spacial score (nSPS) is 11.4. The van der Waals surface area contributed by atoms with Crippen molar-refractivity contribution >= 4 is 31.9 Å². The van der Waals surface area contributed by atoms with E-state index < -0.39 is 12.2 Å². The molecule has 2 atom stereocenters. The van der Waals surface area contributed by atoms with Gasteiger partial charge in [-0.3, -0.25) is 0 Å². The first-order chi connectivity index (χ1) is 17.5. The summed E-state index contributed by atoms with van der Waals surface area (Å²) >= 11 is 6.74. The summed E-state index contributed by atoms with van der Waals surface area (Å²) in [6, 6.07) is 34.9. The Morgan fingerprint density at radius 1 is 0.500 bits per heavy atom. The minimum Gasteiger partial charge on any atom is -0.387 e. The Bertz CT molecular complexity index is 1210. The number of hydrogen-bond donors (Lipinski definition) is 2. The SMILES string of the molecule is O[C@@H](CC#Cc1ccccc1)c1ccc(Br)cc1.O[C@H](CC#Cc1ccccc1)c1ccc(Br)cc1. The van der Waals surface area contributed by atoms with Crippen LogP contribution in [0, 0.1) is 23.7 Å². The third-order valence-corrected chi connectivity index (χ3v) is 6.17. The van der Waals surface area contributed by atoms with E-state index in [-0.39, 0.29) is 0 Å². The predicted molar refractivity (Wildman–Crippen MR) is 154 cm³/mol. The second kappa shape index (κ2) is 15.1. The van der Waals surface area contributed by atoms with Gasteiger partial charge in [0.2, 0.25) is 0 Å². The molecule has 2 N–H and O–H groups in total. The standard InChI is InChI=1S/2C16H13BrO/c2*17-15-11-9-14(10-12-15)16(18)8-4-7-13-5-2-1-3-6-13/h2*1-3,5-6,9-12,16,18H,8H2/t2*16-/m10/s1. The molecule has 0 saturated heterocycles. The maximum atomic E-state index is 9.97. The van der Waals surface area contributed by atoms with Crippen molar-refractivity contribution < 1.29 is 10.2 Å². The van der Waals surface area contributed by atoms with Crippen molar-refractivity contribution in [2.45, 2.75) is 25.0 Å². The van der Waals surface area contributed by atoms with Crippen LogP contribution in [0.15, 0.2) is 118 Å². The summed E-state index contributed by atoms with van der Waals surface area (Å²) in [7, 11) is 0. The van der Waals surface area contributed by atoms with Crippen LogP contribution >= 0.6 is 31.9 Å². The molecule has 0 radical (unpaired) electrons. The number of halogens is 2. The molecule has 4 heteroatoms. The quantitative estimate of drug-likeness (QED) is 0.234. The van der Waals surface area contributed by atoms with Gasteiger partial charge in [0.05, 0.1) is 12.2 Å². The van der Waals surface area contributed by atoms with Crippen LogP contribution in [0.4, 0.5) is 0 Å². The lowest BCUT2D eigenvalue weighted by Crippen LogP contribution is -1.95. The maximum absolute atomic E-state index is 9.97. The average molecular weight is 602 g/mol. The van der Waals surface area contributed by atoms with Crippen LogP contribution in [0.1, 0.15) is 47.3 Å². The molecular weight excluding hydrogens is 576 g/mol. The van der Waals surface area contributed by atoms with Gasteiger partial charge in [-0.25, -0.2) is 0 Å². The highest BCUT2D eigenvalue weighted by Crippen LogP contribution is 2.20. The van der Waals surface area contributed by atoms with Crippen LogP contribution in [-0.2, 0) is 0 Å². The molecule has 4 aromatic rings. The summed E-state index contributed by atoms with van der Waals surface area (Å²) in [5.41, 5.74) is 3.72. The number of aliphatic hydroxyl groups excluding tert-OH is 2. The Labute approximate surface area is 230 Å². The molecule has 0 aliphatic carbocycles. The molecule has 2 nitrogen and oxygen atoms in total. The molecule has 0 aliphatic rings. The monoisotopic (exact) mass is 600 g/mol. The molecule has 0 saturated carbocycles. The predicted octanol–water partition coefficient (Wildman–Crippen LogP) is 7.85. The molecular formula is C32H26Br2O2. The fourth-order valence-electron chi connectivity index (χ4n) is 3.15. The van der Waals surface area contributed by atoms with Crippen molar-refractivity contribution in [2.24, 2.45) is 0 Å².